The van der Waals surface area contributed by atoms with E-state index in [4.69, 9.17) is 11.6 Å². The molecule has 1 unspecified atom stereocenters. The molecular formula is C18H31ClN2. The molecule has 0 radical (unpaired) electrons. The molecule has 1 N–H and O–H groups in total. The van der Waals surface area contributed by atoms with E-state index in [9.17, 15) is 0 Å². The van der Waals surface area contributed by atoms with E-state index in [1.807, 2.05) is 0 Å². The third kappa shape index (κ3) is 5.52. The second-order valence-electron chi connectivity index (χ2n) is 5.98. The zero-order valence-electron chi connectivity index (χ0n) is 14.2. The molecule has 3 heteroatoms. The molecule has 2 nitrogen and oxygen atoms in total. The third-order valence-electron chi connectivity index (χ3n) is 3.92. The van der Waals surface area contributed by atoms with Gasteiger partial charge in [0.25, 0.3) is 0 Å². The molecule has 0 saturated heterocycles. The van der Waals surface area contributed by atoms with Gasteiger partial charge in [-0.15, -0.1) is 0 Å². The summed E-state index contributed by atoms with van der Waals surface area (Å²) in [5.74, 6) is 0. The Labute approximate surface area is 135 Å². The van der Waals surface area contributed by atoms with E-state index in [0.29, 0.717) is 12.1 Å². The summed E-state index contributed by atoms with van der Waals surface area (Å²) in [5, 5.41) is 4.28. The van der Waals surface area contributed by atoms with Crippen molar-refractivity contribution >= 4 is 17.3 Å². The van der Waals surface area contributed by atoms with E-state index in [1.54, 1.807) is 0 Å². The molecule has 21 heavy (non-hydrogen) atoms. The second kappa shape index (κ2) is 9.32. The van der Waals surface area contributed by atoms with Gasteiger partial charge in [-0.1, -0.05) is 44.4 Å². The number of hydrogen-bond donors (Lipinski definition) is 1. The highest BCUT2D eigenvalue weighted by atomic mass is 35.5. The quantitative estimate of drug-likeness (QED) is 0.613. The van der Waals surface area contributed by atoms with Crippen LogP contribution in [0.3, 0.4) is 0 Å². The second-order valence-corrected chi connectivity index (χ2v) is 6.39. The van der Waals surface area contributed by atoms with Crippen molar-refractivity contribution < 1.29 is 0 Å². The molecule has 0 aromatic heterocycles. The number of anilines is 1. The van der Waals surface area contributed by atoms with Gasteiger partial charge in [0, 0.05) is 29.3 Å². The summed E-state index contributed by atoms with van der Waals surface area (Å²) in [6.07, 6.45) is 3.78. The molecule has 0 aliphatic carbocycles. The van der Waals surface area contributed by atoms with Crippen LogP contribution in [0.1, 0.15) is 65.5 Å². The maximum absolute atomic E-state index is 6.50. The summed E-state index contributed by atoms with van der Waals surface area (Å²) in [6, 6.07) is 7.29. The number of nitrogens with one attached hydrogen (secondary N) is 1. The minimum atomic E-state index is 0.296. The van der Waals surface area contributed by atoms with Gasteiger partial charge < -0.3 is 10.2 Å². The molecule has 0 saturated carbocycles. The summed E-state index contributed by atoms with van der Waals surface area (Å²) in [4.78, 5) is 2.45. The molecule has 1 rings (SSSR count). The lowest BCUT2D eigenvalue weighted by molar-refractivity contribution is 0.597. The van der Waals surface area contributed by atoms with Crippen molar-refractivity contribution in [2.24, 2.45) is 0 Å². The van der Waals surface area contributed by atoms with Crippen LogP contribution in [0.5, 0.6) is 0 Å². The molecule has 0 aliphatic heterocycles. The smallest absolute Gasteiger partial charge is 0.0474 e. The third-order valence-corrected chi connectivity index (χ3v) is 4.25. The topological polar surface area (TPSA) is 15.3 Å². The number of nitrogens with zero attached hydrogens (tertiary/aromatic N) is 1. The fraction of sp³-hybridized carbons (Fsp3) is 0.667. The summed E-state index contributed by atoms with van der Waals surface area (Å²) < 4.78 is 0. The van der Waals surface area contributed by atoms with Crippen molar-refractivity contribution in [2.45, 2.75) is 66.0 Å². The Morgan fingerprint density at radius 3 is 2.38 bits per heavy atom. The molecule has 0 fully saturated rings. The average Bonchev–Trinajstić information content (AvgIpc) is 2.43. The van der Waals surface area contributed by atoms with Gasteiger partial charge in [0.2, 0.25) is 0 Å². The largest absolute Gasteiger partial charge is 0.369 e. The van der Waals surface area contributed by atoms with E-state index in [2.05, 4.69) is 63.0 Å². The first-order valence-electron chi connectivity index (χ1n) is 8.30. The Hall–Kier alpha value is -0.730. The van der Waals surface area contributed by atoms with Crippen molar-refractivity contribution in [2.75, 3.05) is 18.0 Å². The molecule has 0 aliphatic rings. The van der Waals surface area contributed by atoms with Crippen molar-refractivity contribution in [1.82, 2.24) is 5.32 Å². The van der Waals surface area contributed by atoms with Crippen molar-refractivity contribution in [3.05, 3.63) is 28.8 Å². The highest BCUT2D eigenvalue weighted by Gasteiger charge is 2.14. The molecule has 1 aromatic carbocycles. The number of benzene rings is 1. The van der Waals surface area contributed by atoms with E-state index < -0.39 is 0 Å². The highest BCUT2D eigenvalue weighted by Crippen LogP contribution is 2.29. The van der Waals surface area contributed by atoms with Crippen LogP contribution in [-0.4, -0.2) is 19.1 Å². The van der Waals surface area contributed by atoms with E-state index in [0.717, 1.165) is 18.1 Å². The van der Waals surface area contributed by atoms with Crippen LogP contribution in [0.4, 0.5) is 5.69 Å². The zero-order valence-corrected chi connectivity index (χ0v) is 15.0. The van der Waals surface area contributed by atoms with E-state index >= 15 is 0 Å². The summed E-state index contributed by atoms with van der Waals surface area (Å²) in [5.41, 5.74) is 2.41. The Morgan fingerprint density at radius 1 is 1.14 bits per heavy atom. The fourth-order valence-electron chi connectivity index (χ4n) is 2.68. The maximum Gasteiger partial charge on any atom is 0.0474 e. The van der Waals surface area contributed by atoms with Gasteiger partial charge in [-0.3, -0.25) is 0 Å². The minimum absolute atomic E-state index is 0.296. The molecule has 1 atom stereocenters. The average molecular weight is 311 g/mol. The summed E-state index contributed by atoms with van der Waals surface area (Å²) in [7, 11) is 0. The summed E-state index contributed by atoms with van der Waals surface area (Å²) >= 11 is 6.50. The van der Waals surface area contributed by atoms with Gasteiger partial charge in [-0.05, 0) is 51.4 Å². The van der Waals surface area contributed by atoms with Crippen LogP contribution in [-0.2, 0) is 0 Å². The number of unbranched alkanes of at least 4 members (excludes halogenated alkanes) is 2. The van der Waals surface area contributed by atoms with E-state index in [1.165, 1.54) is 30.5 Å². The number of rotatable bonds is 9. The van der Waals surface area contributed by atoms with Gasteiger partial charge in [0.05, 0.1) is 0 Å². The minimum Gasteiger partial charge on any atom is -0.369 e. The number of halogens is 1. The lowest BCUT2D eigenvalue weighted by Gasteiger charge is -2.30. The van der Waals surface area contributed by atoms with Crippen LogP contribution < -0.4 is 10.2 Å². The SMILES string of the molecule is CCCCCN(c1ccc(C(C)NCC)c(Cl)c1)C(C)C. The molecule has 0 bridgehead atoms. The maximum atomic E-state index is 6.50. The first kappa shape index (κ1) is 18.3. The van der Waals surface area contributed by atoms with Crippen molar-refractivity contribution in [3.63, 3.8) is 0 Å². The van der Waals surface area contributed by atoms with Gasteiger partial charge >= 0.3 is 0 Å². The van der Waals surface area contributed by atoms with Crippen LogP contribution in [0, 0.1) is 0 Å². The molecule has 0 amide bonds. The van der Waals surface area contributed by atoms with Crippen LogP contribution in [0.15, 0.2) is 18.2 Å². The van der Waals surface area contributed by atoms with Gasteiger partial charge in [0.15, 0.2) is 0 Å². The molecule has 0 spiro atoms. The first-order chi connectivity index (χ1) is 10.0. The van der Waals surface area contributed by atoms with Crippen LogP contribution >= 0.6 is 11.6 Å². The monoisotopic (exact) mass is 310 g/mol. The molecular weight excluding hydrogens is 280 g/mol. The predicted octanol–water partition coefficient (Wildman–Crippen LogP) is 5.42. The fourth-order valence-corrected chi connectivity index (χ4v) is 3.02. The van der Waals surface area contributed by atoms with Crippen LogP contribution in [0.2, 0.25) is 5.02 Å². The van der Waals surface area contributed by atoms with Gasteiger partial charge in [0.1, 0.15) is 0 Å². The first-order valence-corrected chi connectivity index (χ1v) is 8.68. The predicted molar refractivity (Wildman–Crippen MR) is 95.6 cm³/mol. The van der Waals surface area contributed by atoms with Crippen molar-refractivity contribution in [1.29, 1.82) is 0 Å². The lowest BCUT2D eigenvalue weighted by Crippen LogP contribution is -2.31. The Morgan fingerprint density at radius 2 is 1.86 bits per heavy atom. The highest BCUT2D eigenvalue weighted by molar-refractivity contribution is 6.31. The van der Waals surface area contributed by atoms with Crippen LogP contribution in [0.25, 0.3) is 0 Å². The molecule has 0 heterocycles. The van der Waals surface area contributed by atoms with Gasteiger partial charge in [-0.2, -0.15) is 0 Å². The van der Waals surface area contributed by atoms with Crippen molar-refractivity contribution in [3.8, 4) is 0 Å². The Balaban J connectivity index is 2.87. The Bertz CT molecular complexity index is 418. The number of hydrogen-bond acceptors (Lipinski definition) is 2. The van der Waals surface area contributed by atoms with E-state index in [-0.39, 0.29) is 0 Å². The standard InChI is InChI=1S/C18H31ClN2/c1-6-8-9-12-21(14(3)4)16-10-11-17(18(19)13-16)15(5)20-7-2/h10-11,13-15,20H,6-9,12H2,1-5H3. The molecule has 1 aromatic rings. The normalized spacial score (nSPS) is 12.7. The van der Waals surface area contributed by atoms with Gasteiger partial charge in [-0.25, -0.2) is 0 Å². The lowest BCUT2D eigenvalue weighted by atomic mass is 10.1. The summed E-state index contributed by atoms with van der Waals surface area (Å²) in [6.45, 7) is 13.1. The zero-order chi connectivity index (χ0) is 15.8. The Kier molecular flexibility index (Phi) is 8.13. The molecule has 120 valence electrons.